The highest BCUT2D eigenvalue weighted by atomic mass is 31.2. The third kappa shape index (κ3) is 3.35. The minimum Gasteiger partial charge on any atom is -0.478 e. The number of rotatable bonds is 3. The molecule has 1 aromatic rings. The molecule has 3 nitrogen and oxygen atoms in total. The quantitative estimate of drug-likeness (QED) is 0.783. The molecule has 0 unspecified atom stereocenters. The van der Waals surface area contributed by atoms with Gasteiger partial charge in [-0.3, -0.25) is 0 Å². The van der Waals surface area contributed by atoms with Gasteiger partial charge >= 0.3 is 5.97 Å². The Hall–Kier alpha value is -1.08. The molecule has 0 saturated heterocycles. The summed E-state index contributed by atoms with van der Waals surface area (Å²) in [4.78, 5) is 10.6. The van der Waals surface area contributed by atoms with Crippen LogP contribution in [0.5, 0.6) is 0 Å². The molecule has 1 aromatic carbocycles. The lowest BCUT2D eigenvalue weighted by molar-refractivity contribution is 0.0696. The summed E-state index contributed by atoms with van der Waals surface area (Å²) in [6, 6.07) is 6.57. The van der Waals surface area contributed by atoms with Gasteiger partial charge in [-0.2, -0.15) is 0 Å². The Kier molecular flexibility index (Phi) is 3.12. The maximum absolute atomic E-state index is 11.5. The summed E-state index contributed by atoms with van der Waals surface area (Å²) in [5, 5.41) is 8.74. The second-order valence-electron chi connectivity index (χ2n) is 3.74. The van der Waals surface area contributed by atoms with Gasteiger partial charge in [0.25, 0.3) is 0 Å². The lowest BCUT2D eigenvalue weighted by Crippen LogP contribution is -1.97. The van der Waals surface area contributed by atoms with E-state index in [-0.39, 0.29) is 5.56 Å². The largest absolute Gasteiger partial charge is 0.478 e. The number of carbonyl (C=O) groups is 1. The first-order valence-electron chi connectivity index (χ1n) is 4.25. The molecule has 0 aliphatic rings. The highest BCUT2D eigenvalue weighted by Crippen LogP contribution is 2.40. The fourth-order valence-electron chi connectivity index (χ4n) is 1.24. The van der Waals surface area contributed by atoms with Crippen molar-refractivity contribution >= 4 is 13.1 Å². The van der Waals surface area contributed by atoms with Crippen molar-refractivity contribution < 1.29 is 14.5 Å². The Balaban J connectivity index is 2.95. The van der Waals surface area contributed by atoms with Crippen molar-refractivity contribution in [2.75, 3.05) is 13.3 Å². The van der Waals surface area contributed by atoms with Crippen LogP contribution in [0.15, 0.2) is 24.3 Å². The topological polar surface area (TPSA) is 54.4 Å². The van der Waals surface area contributed by atoms with Crippen LogP contribution < -0.4 is 0 Å². The predicted octanol–water partition coefficient (Wildman–Crippen LogP) is 2.51. The van der Waals surface area contributed by atoms with Crippen LogP contribution in [0.2, 0.25) is 0 Å². The molecule has 1 rings (SSSR count). The Labute approximate surface area is 83.1 Å². The van der Waals surface area contributed by atoms with Crippen LogP contribution in [0.4, 0.5) is 0 Å². The minimum absolute atomic E-state index is 0.246. The zero-order valence-electron chi connectivity index (χ0n) is 8.23. The Morgan fingerprint density at radius 1 is 1.43 bits per heavy atom. The van der Waals surface area contributed by atoms with Crippen LogP contribution >= 0.6 is 7.14 Å². The van der Waals surface area contributed by atoms with Crippen molar-refractivity contribution in [1.29, 1.82) is 0 Å². The van der Waals surface area contributed by atoms with E-state index < -0.39 is 13.1 Å². The van der Waals surface area contributed by atoms with Crippen molar-refractivity contribution in [1.82, 2.24) is 0 Å². The van der Waals surface area contributed by atoms with Crippen molar-refractivity contribution in [2.24, 2.45) is 0 Å². The third-order valence-corrected chi connectivity index (χ3v) is 2.86. The number of carboxylic acid groups (broad SMARTS) is 1. The number of hydrogen-bond acceptors (Lipinski definition) is 2. The highest BCUT2D eigenvalue weighted by Gasteiger charge is 2.10. The Morgan fingerprint density at radius 2 is 2.07 bits per heavy atom. The van der Waals surface area contributed by atoms with Gasteiger partial charge in [0.05, 0.1) is 12.7 Å². The van der Waals surface area contributed by atoms with E-state index in [4.69, 9.17) is 5.11 Å². The SMILES string of the molecule is CP(C)(=O)Cc1cccc(C(=O)O)c1. The Morgan fingerprint density at radius 3 is 2.57 bits per heavy atom. The van der Waals surface area contributed by atoms with Crippen molar-refractivity contribution in [2.45, 2.75) is 6.16 Å². The van der Waals surface area contributed by atoms with E-state index in [0.29, 0.717) is 6.16 Å². The molecular formula is C10H13O3P. The van der Waals surface area contributed by atoms with E-state index in [9.17, 15) is 9.36 Å². The van der Waals surface area contributed by atoms with E-state index in [0.717, 1.165) is 5.56 Å². The fraction of sp³-hybridized carbons (Fsp3) is 0.300. The minimum atomic E-state index is -2.13. The van der Waals surface area contributed by atoms with Gasteiger partial charge in [-0.05, 0) is 31.0 Å². The average molecular weight is 212 g/mol. The molecular weight excluding hydrogens is 199 g/mol. The molecule has 0 spiro atoms. The first kappa shape index (κ1) is 11.0. The number of hydrogen-bond donors (Lipinski definition) is 1. The number of benzene rings is 1. The molecule has 0 aliphatic heterocycles. The number of aromatic carboxylic acids is 1. The van der Waals surface area contributed by atoms with E-state index in [1.807, 2.05) is 0 Å². The maximum atomic E-state index is 11.5. The molecule has 0 aliphatic carbocycles. The summed E-state index contributed by atoms with van der Waals surface area (Å²) in [7, 11) is -2.13. The average Bonchev–Trinajstić information content (AvgIpc) is 2.01. The molecule has 4 heteroatoms. The summed E-state index contributed by atoms with van der Waals surface area (Å²) in [6.45, 7) is 3.39. The summed E-state index contributed by atoms with van der Waals surface area (Å²) in [5.74, 6) is -0.950. The maximum Gasteiger partial charge on any atom is 0.335 e. The van der Waals surface area contributed by atoms with Gasteiger partial charge in [0.1, 0.15) is 0 Å². The lowest BCUT2D eigenvalue weighted by Gasteiger charge is -2.06. The summed E-state index contributed by atoms with van der Waals surface area (Å²) < 4.78 is 11.5. The van der Waals surface area contributed by atoms with E-state index in [2.05, 4.69) is 0 Å². The van der Waals surface area contributed by atoms with Gasteiger partial charge in [-0.25, -0.2) is 4.79 Å². The van der Waals surface area contributed by atoms with E-state index in [1.165, 1.54) is 6.07 Å². The Bertz CT molecular complexity index is 392. The second kappa shape index (κ2) is 3.97. The van der Waals surface area contributed by atoms with E-state index in [1.54, 1.807) is 31.5 Å². The molecule has 0 atom stereocenters. The first-order valence-corrected chi connectivity index (χ1v) is 7.03. The summed E-state index contributed by atoms with van der Waals surface area (Å²) in [5.41, 5.74) is 1.06. The molecule has 0 fully saturated rings. The first-order chi connectivity index (χ1) is 6.38. The molecule has 0 amide bonds. The number of carboxylic acids is 1. The molecule has 0 aromatic heterocycles. The lowest BCUT2D eigenvalue weighted by atomic mass is 10.1. The van der Waals surface area contributed by atoms with Gasteiger partial charge in [-0.15, -0.1) is 0 Å². The van der Waals surface area contributed by atoms with Gasteiger partial charge in [0, 0.05) is 6.16 Å². The molecule has 14 heavy (non-hydrogen) atoms. The van der Waals surface area contributed by atoms with Gasteiger partial charge in [-0.1, -0.05) is 12.1 Å². The van der Waals surface area contributed by atoms with Gasteiger partial charge in [0.15, 0.2) is 0 Å². The summed E-state index contributed by atoms with van der Waals surface area (Å²) >= 11 is 0. The van der Waals surface area contributed by atoms with Crippen LogP contribution in [0.25, 0.3) is 0 Å². The molecule has 0 radical (unpaired) electrons. The van der Waals surface area contributed by atoms with Gasteiger partial charge in [0.2, 0.25) is 0 Å². The van der Waals surface area contributed by atoms with Crippen LogP contribution in [-0.2, 0) is 10.7 Å². The second-order valence-corrected chi connectivity index (χ2v) is 7.20. The predicted molar refractivity (Wildman–Crippen MR) is 56.6 cm³/mol. The third-order valence-electron chi connectivity index (χ3n) is 1.74. The highest BCUT2D eigenvalue weighted by molar-refractivity contribution is 7.61. The van der Waals surface area contributed by atoms with Crippen LogP contribution in [0, 0.1) is 0 Å². The normalized spacial score (nSPS) is 11.3. The van der Waals surface area contributed by atoms with Gasteiger partial charge < -0.3 is 9.67 Å². The molecule has 1 N–H and O–H groups in total. The standard InChI is InChI=1S/C10H13O3P/c1-14(2,13)7-8-4-3-5-9(6-8)10(11)12/h3-6H,7H2,1-2H3,(H,11,12). The zero-order chi connectivity index (χ0) is 10.8. The molecule has 0 heterocycles. The molecule has 0 saturated carbocycles. The van der Waals surface area contributed by atoms with Crippen LogP contribution in [0.1, 0.15) is 15.9 Å². The molecule has 76 valence electrons. The van der Waals surface area contributed by atoms with Crippen molar-refractivity contribution in [3.05, 3.63) is 35.4 Å². The molecule has 0 bridgehead atoms. The van der Waals surface area contributed by atoms with Crippen LogP contribution in [0.3, 0.4) is 0 Å². The fourth-order valence-corrected chi connectivity index (χ4v) is 2.32. The smallest absolute Gasteiger partial charge is 0.335 e. The zero-order valence-corrected chi connectivity index (χ0v) is 9.12. The van der Waals surface area contributed by atoms with Crippen molar-refractivity contribution in [3.8, 4) is 0 Å². The van der Waals surface area contributed by atoms with Crippen LogP contribution in [-0.4, -0.2) is 24.4 Å². The monoisotopic (exact) mass is 212 g/mol. The van der Waals surface area contributed by atoms with E-state index >= 15 is 0 Å². The summed E-state index contributed by atoms with van der Waals surface area (Å²) in [6.07, 6.45) is 0.452. The van der Waals surface area contributed by atoms with Crippen molar-refractivity contribution in [3.63, 3.8) is 0 Å².